The highest BCUT2D eigenvalue weighted by Gasteiger charge is 2.36. The monoisotopic (exact) mass is 450 g/mol. The van der Waals surface area contributed by atoms with Gasteiger partial charge in [0, 0.05) is 29.4 Å². The number of allylic oxidation sites excluding steroid dienone is 2. The van der Waals surface area contributed by atoms with Crippen molar-refractivity contribution < 1.29 is 18.7 Å². The zero-order valence-corrected chi connectivity index (χ0v) is 18.0. The molecule has 2 rings (SSSR count). The Morgan fingerprint density at radius 2 is 2.18 bits per heavy atom. The molecule has 0 radical (unpaired) electrons. The Morgan fingerprint density at radius 1 is 1.46 bits per heavy atom. The Hall–Kier alpha value is -2.17. The SMILES string of the molecule is CCCOC(=O)C1=C(CC(C)OC)NC(C)=C(C#N)C1c1ccc(F)cc1Br. The van der Waals surface area contributed by atoms with Crippen LogP contribution in [0.1, 0.15) is 45.1 Å². The molecule has 1 aromatic rings. The molecule has 1 aliphatic rings. The summed E-state index contributed by atoms with van der Waals surface area (Å²) >= 11 is 3.38. The van der Waals surface area contributed by atoms with Gasteiger partial charge in [0.2, 0.25) is 0 Å². The summed E-state index contributed by atoms with van der Waals surface area (Å²) < 4.78 is 24.9. The molecule has 0 fully saturated rings. The molecule has 2 atom stereocenters. The predicted octanol–water partition coefficient (Wildman–Crippen LogP) is 4.70. The first-order chi connectivity index (χ1) is 13.3. The minimum absolute atomic E-state index is 0.148. The molecule has 0 aromatic heterocycles. The Balaban J connectivity index is 2.68. The third kappa shape index (κ3) is 4.81. The van der Waals surface area contributed by atoms with Crippen molar-refractivity contribution in [3.63, 3.8) is 0 Å². The molecule has 1 heterocycles. The molecule has 1 aliphatic heterocycles. The van der Waals surface area contributed by atoms with E-state index in [2.05, 4.69) is 27.3 Å². The molecular formula is C21H24BrFN2O3. The number of rotatable bonds is 7. The first kappa shape index (κ1) is 22.1. The summed E-state index contributed by atoms with van der Waals surface area (Å²) in [6, 6.07) is 6.44. The molecule has 0 amide bonds. The van der Waals surface area contributed by atoms with Crippen LogP contribution in [0.2, 0.25) is 0 Å². The van der Waals surface area contributed by atoms with E-state index in [9.17, 15) is 14.4 Å². The third-order valence-electron chi connectivity index (χ3n) is 4.59. The van der Waals surface area contributed by atoms with Gasteiger partial charge in [-0.05, 0) is 38.0 Å². The van der Waals surface area contributed by atoms with Gasteiger partial charge >= 0.3 is 5.97 Å². The Labute approximate surface area is 173 Å². The lowest BCUT2D eigenvalue weighted by Gasteiger charge is -2.31. The lowest BCUT2D eigenvalue weighted by atomic mass is 9.80. The average Bonchev–Trinajstić information content (AvgIpc) is 2.65. The minimum atomic E-state index is -0.662. The van der Waals surface area contributed by atoms with Gasteiger partial charge in [-0.3, -0.25) is 0 Å². The molecule has 150 valence electrons. The van der Waals surface area contributed by atoms with Gasteiger partial charge in [-0.25, -0.2) is 9.18 Å². The van der Waals surface area contributed by atoms with E-state index >= 15 is 0 Å². The van der Waals surface area contributed by atoms with Crippen LogP contribution in [-0.2, 0) is 14.3 Å². The summed E-state index contributed by atoms with van der Waals surface area (Å²) in [7, 11) is 1.60. The van der Waals surface area contributed by atoms with Gasteiger partial charge in [-0.2, -0.15) is 5.26 Å². The van der Waals surface area contributed by atoms with Gasteiger partial charge in [0.15, 0.2) is 0 Å². The van der Waals surface area contributed by atoms with Gasteiger partial charge in [-0.1, -0.05) is 28.9 Å². The van der Waals surface area contributed by atoms with E-state index in [4.69, 9.17) is 9.47 Å². The van der Waals surface area contributed by atoms with Crippen molar-refractivity contribution in [3.05, 3.63) is 56.6 Å². The molecule has 28 heavy (non-hydrogen) atoms. The van der Waals surface area contributed by atoms with E-state index in [1.807, 2.05) is 13.8 Å². The van der Waals surface area contributed by atoms with Crippen LogP contribution >= 0.6 is 15.9 Å². The molecule has 0 aliphatic carbocycles. The number of hydrogen-bond donors (Lipinski definition) is 1. The zero-order chi connectivity index (χ0) is 20.8. The molecule has 0 bridgehead atoms. The first-order valence-corrected chi connectivity index (χ1v) is 9.89. The van der Waals surface area contributed by atoms with Crippen molar-refractivity contribution in [2.24, 2.45) is 0 Å². The van der Waals surface area contributed by atoms with E-state index in [1.54, 1.807) is 20.1 Å². The van der Waals surface area contributed by atoms with Gasteiger partial charge in [0.1, 0.15) is 5.82 Å². The van der Waals surface area contributed by atoms with Gasteiger partial charge in [0.05, 0.1) is 35.8 Å². The second-order valence-corrected chi connectivity index (χ2v) is 7.51. The maximum atomic E-state index is 13.6. The van der Waals surface area contributed by atoms with Crippen molar-refractivity contribution in [3.8, 4) is 6.07 Å². The van der Waals surface area contributed by atoms with E-state index < -0.39 is 17.7 Å². The van der Waals surface area contributed by atoms with Crippen LogP contribution in [0.25, 0.3) is 0 Å². The van der Waals surface area contributed by atoms with Crippen LogP contribution in [-0.4, -0.2) is 25.8 Å². The van der Waals surface area contributed by atoms with Crippen molar-refractivity contribution in [2.75, 3.05) is 13.7 Å². The fraction of sp³-hybridized carbons (Fsp3) is 0.429. The van der Waals surface area contributed by atoms with Gasteiger partial charge in [-0.15, -0.1) is 0 Å². The molecule has 1 aromatic carbocycles. The summed E-state index contributed by atoms with van der Waals surface area (Å²) in [5.74, 6) is -1.56. The van der Waals surface area contributed by atoms with Crippen molar-refractivity contribution >= 4 is 21.9 Å². The van der Waals surface area contributed by atoms with Crippen LogP contribution in [0.4, 0.5) is 4.39 Å². The van der Waals surface area contributed by atoms with Gasteiger partial charge < -0.3 is 14.8 Å². The lowest BCUT2D eigenvalue weighted by Crippen LogP contribution is -2.31. The fourth-order valence-electron chi connectivity index (χ4n) is 3.14. The molecule has 0 saturated carbocycles. The number of methoxy groups -OCH3 is 1. The Bertz CT molecular complexity index is 858. The molecular weight excluding hydrogens is 427 g/mol. The number of benzene rings is 1. The summed E-state index contributed by atoms with van der Waals surface area (Å²) in [4.78, 5) is 13.0. The normalized spacial score (nSPS) is 17.8. The number of carbonyl (C=O) groups is 1. The number of carbonyl (C=O) groups excluding carboxylic acids is 1. The first-order valence-electron chi connectivity index (χ1n) is 9.09. The highest BCUT2D eigenvalue weighted by molar-refractivity contribution is 9.10. The standard InChI is InChI=1S/C21H24BrFN2O3/c1-5-8-28-21(26)20-18(9-12(2)27-4)25-13(3)16(11-24)19(20)15-7-6-14(23)10-17(15)22/h6-7,10,12,19,25H,5,8-9H2,1-4H3. The van der Waals surface area contributed by atoms with Crippen molar-refractivity contribution in [2.45, 2.75) is 45.6 Å². The van der Waals surface area contributed by atoms with Crippen LogP contribution in [0.5, 0.6) is 0 Å². The number of nitrogens with zero attached hydrogens (tertiary/aromatic N) is 1. The number of esters is 1. The summed E-state index contributed by atoms with van der Waals surface area (Å²) in [6.45, 7) is 5.87. The van der Waals surface area contributed by atoms with Crippen LogP contribution < -0.4 is 5.32 Å². The quantitative estimate of drug-likeness (QED) is 0.609. The molecule has 2 unspecified atom stereocenters. The average molecular weight is 451 g/mol. The number of nitriles is 1. The zero-order valence-electron chi connectivity index (χ0n) is 16.4. The smallest absolute Gasteiger partial charge is 0.336 e. The topological polar surface area (TPSA) is 71.3 Å². The van der Waals surface area contributed by atoms with Gasteiger partial charge in [0.25, 0.3) is 0 Å². The second-order valence-electron chi connectivity index (χ2n) is 6.65. The molecule has 0 spiro atoms. The fourth-order valence-corrected chi connectivity index (χ4v) is 3.72. The number of hydrogen-bond acceptors (Lipinski definition) is 5. The van der Waals surface area contributed by atoms with Crippen molar-refractivity contribution in [1.82, 2.24) is 5.32 Å². The Kier molecular flexibility index (Phi) is 7.78. The highest BCUT2D eigenvalue weighted by atomic mass is 79.9. The molecule has 1 N–H and O–H groups in total. The van der Waals surface area contributed by atoms with Crippen LogP contribution in [0.3, 0.4) is 0 Å². The Morgan fingerprint density at radius 3 is 2.75 bits per heavy atom. The summed E-state index contributed by atoms with van der Waals surface area (Å²) in [5.41, 5.74) is 2.67. The third-order valence-corrected chi connectivity index (χ3v) is 5.28. The highest BCUT2D eigenvalue weighted by Crippen LogP contribution is 2.42. The van der Waals surface area contributed by atoms with E-state index in [-0.39, 0.29) is 12.7 Å². The summed E-state index contributed by atoms with van der Waals surface area (Å²) in [5, 5.41) is 13.0. The van der Waals surface area contributed by atoms with E-state index in [0.717, 1.165) is 0 Å². The molecule has 7 heteroatoms. The number of ether oxygens (including phenoxy) is 2. The lowest BCUT2D eigenvalue weighted by molar-refractivity contribution is -0.139. The molecule has 5 nitrogen and oxygen atoms in total. The van der Waals surface area contributed by atoms with E-state index in [0.29, 0.717) is 45.4 Å². The second kappa shape index (κ2) is 9.85. The van der Waals surface area contributed by atoms with Crippen LogP contribution in [0.15, 0.2) is 45.2 Å². The largest absolute Gasteiger partial charge is 0.462 e. The molecule has 0 saturated heterocycles. The number of halogens is 2. The maximum Gasteiger partial charge on any atom is 0.336 e. The predicted molar refractivity (Wildman–Crippen MR) is 108 cm³/mol. The summed E-state index contributed by atoms with van der Waals surface area (Å²) in [6.07, 6.45) is 0.977. The number of nitrogens with one attached hydrogen (secondary N) is 1. The maximum absolute atomic E-state index is 13.6. The number of dihydropyridines is 1. The minimum Gasteiger partial charge on any atom is -0.462 e. The van der Waals surface area contributed by atoms with Crippen molar-refractivity contribution in [1.29, 1.82) is 5.26 Å². The van der Waals surface area contributed by atoms with Crippen LogP contribution in [0, 0.1) is 17.1 Å². The van der Waals surface area contributed by atoms with E-state index in [1.165, 1.54) is 12.1 Å².